The highest BCUT2D eigenvalue weighted by Crippen LogP contribution is 2.21. The van der Waals surface area contributed by atoms with E-state index in [2.05, 4.69) is 26.0 Å². The summed E-state index contributed by atoms with van der Waals surface area (Å²) < 4.78 is 26.5. The van der Waals surface area contributed by atoms with Crippen molar-refractivity contribution >= 4 is 49.1 Å². The van der Waals surface area contributed by atoms with Crippen LogP contribution in [0.5, 0.6) is 0 Å². The van der Waals surface area contributed by atoms with E-state index >= 15 is 0 Å². The van der Waals surface area contributed by atoms with Crippen molar-refractivity contribution in [3.8, 4) is 0 Å². The van der Waals surface area contributed by atoms with Crippen LogP contribution >= 0.6 is 27.5 Å². The summed E-state index contributed by atoms with van der Waals surface area (Å²) in [5, 5.41) is 3.28. The zero-order valence-electron chi connectivity index (χ0n) is 12.8. The minimum atomic E-state index is -3.47. The second-order valence-corrected chi connectivity index (χ2v) is 8.39. The molecule has 0 spiro atoms. The van der Waals surface area contributed by atoms with Crippen molar-refractivity contribution in [3.05, 3.63) is 63.6 Å². The lowest BCUT2D eigenvalue weighted by molar-refractivity contribution is -0.116. The van der Waals surface area contributed by atoms with Gasteiger partial charge < -0.3 is 5.32 Å². The molecule has 2 aromatic rings. The molecule has 0 radical (unpaired) electrons. The summed E-state index contributed by atoms with van der Waals surface area (Å²) in [4.78, 5) is 12.3. The van der Waals surface area contributed by atoms with Gasteiger partial charge in [-0.3, -0.25) is 4.79 Å². The van der Waals surface area contributed by atoms with E-state index in [0.29, 0.717) is 16.3 Å². The number of amides is 1. The lowest BCUT2D eigenvalue weighted by atomic mass is 10.0. The molecule has 0 unspecified atom stereocenters. The third kappa shape index (κ3) is 6.24. The molecule has 5 nitrogen and oxygen atoms in total. The van der Waals surface area contributed by atoms with Gasteiger partial charge in [0.2, 0.25) is 15.9 Å². The summed E-state index contributed by atoms with van der Waals surface area (Å²) in [5.74, 6) is -0.298. The van der Waals surface area contributed by atoms with E-state index in [1.165, 1.54) is 0 Å². The zero-order valence-corrected chi connectivity index (χ0v) is 16.0. The Balaban J connectivity index is 2.13. The molecule has 8 heteroatoms. The van der Waals surface area contributed by atoms with Gasteiger partial charge in [-0.2, -0.15) is 0 Å². The fourth-order valence-electron chi connectivity index (χ4n) is 2.11. The van der Waals surface area contributed by atoms with Gasteiger partial charge in [0.25, 0.3) is 0 Å². The highest BCUT2D eigenvalue weighted by Gasteiger charge is 2.20. The molecule has 128 valence electrons. The topological polar surface area (TPSA) is 75.3 Å². The molecule has 0 bridgehead atoms. The average Bonchev–Trinajstić information content (AvgIpc) is 2.48. The maximum atomic E-state index is 12.3. The van der Waals surface area contributed by atoms with Crippen LogP contribution in [-0.4, -0.2) is 20.6 Å². The van der Waals surface area contributed by atoms with Gasteiger partial charge in [-0.25, -0.2) is 13.1 Å². The standard InChI is InChI=1S/C16H16BrClN2O3S/c1-24(22,23)20-15(11-2-6-13(18)7-3-11)10-16(21)19-14-8-4-12(17)5-9-14/h2-9,15,20H,10H2,1H3,(H,19,21)/t15-/m0/s1. The maximum absolute atomic E-state index is 12.3. The number of hydrogen-bond acceptors (Lipinski definition) is 3. The predicted octanol–water partition coefficient (Wildman–Crippen LogP) is 3.72. The normalized spacial score (nSPS) is 12.6. The predicted molar refractivity (Wildman–Crippen MR) is 99.6 cm³/mol. The number of benzene rings is 2. The molecule has 0 aliphatic rings. The van der Waals surface area contributed by atoms with Gasteiger partial charge >= 0.3 is 0 Å². The molecule has 24 heavy (non-hydrogen) atoms. The lowest BCUT2D eigenvalue weighted by Gasteiger charge is -2.18. The van der Waals surface area contributed by atoms with Crippen molar-refractivity contribution in [1.82, 2.24) is 4.72 Å². The molecular weight excluding hydrogens is 416 g/mol. The van der Waals surface area contributed by atoms with Gasteiger partial charge in [0, 0.05) is 21.6 Å². The van der Waals surface area contributed by atoms with Crippen molar-refractivity contribution < 1.29 is 13.2 Å². The van der Waals surface area contributed by atoms with E-state index in [1.807, 2.05) is 0 Å². The van der Waals surface area contributed by atoms with Crippen molar-refractivity contribution in [2.45, 2.75) is 12.5 Å². The van der Waals surface area contributed by atoms with Crippen LogP contribution in [0.3, 0.4) is 0 Å². The first-order valence-electron chi connectivity index (χ1n) is 7.01. The van der Waals surface area contributed by atoms with Crippen LogP contribution in [0, 0.1) is 0 Å². The smallest absolute Gasteiger partial charge is 0.226 e. The molecule has 1 atom stereocenters. The molecule has 0 aliphatic heterocycles. The number of halogens is 2. The molecule has 2 rings (SSSR count). The van der Waals surface area contributed by atoms with Crippen molar-refractivity contribution in [2.24, 2.45) is 0 Å². The maximum Gasteiger partial charge on any atom is 0.226 e. The molecule has 0 fully saturated rings. The minimum absolute atomic E-state index is 0.0369. The first kappa shape index (κ1) is 18.9. The number of anilines is 1. The Kier molecular flexibility index (Phi) is 6.40. The third-order valence-electron chi connectivity index (χ3n) is 3.15. The fraction of sp³-hybridized carbons (Fsp3) is 0.188. The summed E-state index contributed by atoms with van der Waals surface area (Å²) in [6, 6.07) is 13.1. The molecule has 0 saturated carbocycles. The quantitative estimate of drug-likeness (QED) is 0.732. The summed E-state index contributed by atoms with van der Waals surface area (Å²) in [7, 11) is -3.47. The Morgan fingerprint density at radius 1 is 1.12 bits per heavy atom. The van der Waals surface area contributed by atoms with Gasteiger partial charge in [-0.05, 0) is 42.0 Å². The molecule has 0 heterocycles. The summed E-state index contributed by atoms with van der Waals surface area (Å²) >= 11 is 9.17. The lowest BCUT2D eigenvalue weighted by Crippen LogP contribution is -2.30. The minimum Gasteiger partial charge on any atom is -0.326 e. The second-order valence-electron chi connectivity index (χ2n) is 5.25. The molecule has 0 aromatic heterocycles. The van der Waals surface area contributed by atoms with Gasteiger partial charge in [0.15, 0.2) is 0 Å². The Hall–Kier alpha value is -1.41. The van der Waals surface area contributed by atoms with Crippen molar-refractivity contribution in [2.75, 3.05) is 11.6 Å². The molecule has 2 N–H and O–H groups in total. The molecule has 0 saturated heterocycles. The van der Waals surface area contributed by atoms with Crippen molar-refractivity contribution in [1.29, 1.82) is 0 Å². The number of sulfonamides is 1. The van der Waals surface area contributed by atoms with Gasteiger partial charge in [0.05, 0.1) is 12.3 Å². The van der Waals surface area contributed by atoms with Gasteiger partial charge in [-0.1, -0.05) is 39.7 Å². The van der Waals surface area contributed by atoms with E-state index in [9.17, 15) is 13.2 Å². The molecule has 0 aliphatic carbocycles. The van der Waals surface area contributed by atoms with E-state index < -0.39 is 16.1 Å². The van der Waals surface area contributed by atoms with Crippen LogP contribution in [0.2, 0.25) is 5.02 Å². The highest BCUT2D eigenvalue weighted by atomic mass is 79.9. The SMILES string of the molecule is CS(=O)(=O)N[C@@H](CC(=O)Nc1ccc(Br)cc1)c1ccc(Cl)cc1. The third-order valence-corrected chi connectivity index (χ3v) is 4.64. The van der Waals surface area contributed by atoms with Gasteiger partial charge in [0.1, 0.15) is 0 Å². The molecule has 2 aromatic carbocycles. The number of nitrogens with one attached hydrogen (secondary N) is 2. The summed E-state index contributed by atoms with van der Waals surface area (Å²) in [5.41, 5.74) is 1.30. The molecule has 1 amide bonds. The highest BCUT2D eigenvalue weighted by molar-refractivity contribution is 9.10. The first-order valence-corrected chi connectivity index (χ1v) is 10.1. The first-order chi connectivity index (χ1) is 11.2. The number of hydrogen-bond donors (Lipinski definition) is 2. The second kappa shape index (κ2) is 8.11. The van der Waals surface area contributed by atoms with Crippen LogP contribution in [0.4, 0.5) is 5.69 Å². The van der Waals surface area contributed by atoms with Crippen LogP contribution in [0.15, 0.2) is 53.0 Å². The Morgan fingerprint density at radius 3 is 2.25 bits per heavy atom. The fourth-order valence-corrected chi connectivity index (χ4v) is 3.24. The summed E-state index contributed by atoms with van der Waals surface area (Å²) in [6.07, 6.45) is 1.02. The van der Waals surface area contributed by atoms with Gasteiger partial charge in [-0.15, -0.1) is 0 Å². The number of carbonyl (C=O) groups excluding carboxylic acids is 1. The Morgan fingerprint density at radius 2 is 1.71 bits per heavy atom. The largest absolute Gasteiger partial charge is 0.326 e. The van der Waals surface area contributed by atoms with Crippen LogP contribution in [-0.2, 0) is 14.8 Å². The zero-order chi connectivity index (χ0) is 17.7. The molecular formula is C16H16BrClN2O3S. The monoisotopic (exact) mass is 430 g/mol. The van der Waals surface area contributed by atoms with Crippen LogP contribution < -0.4 is 10.0 Å². The van der Waals surface area contributed by atoms with Crippen LogP contribution in [0.1, 0.15) is 18.0 Å². The van der Waals surface area contributed by atoms with E-state index in [0.717, 1.165) is 10.7 Å². The Bertz CT molecular complexity index is 808. The van der Waals surface area contributed by atoms with E-state index in [-0.39, 0.29) is 12.3 Å². The van der Waals surface area contributed by atoms with E-state index in [1.54, 1.807) is 48.5 Å². The van der Waals surface area contributed by atoms with Crippen LogP contribution in [0.25, 0.3) is 0 Å². The average molecular weight is 432 g/mol. The Labute approximate surface area is 154 Å². The van der Waals surface area contributed by atoms with Crippen molar-refractivity contribution in [3.63, 3.8) is 0 Å². The number of rotatable bonds is 6. The van der Waals surface area contributed by atoms with E-state index in [4.69, 9.17) is 11.6 Å². The summed E-state index contributed by atoms with van der Waals surface area (Å²) in [6.45, 7) is 0. The number of carbonyl (C=O) groups is 1.